The van der Waals surface area contributed by atoms with Gasteiger partial charge in [-0.25, -0.2) is 0 Å². The van der Waals surface area contributed by atoms with Crippen molar-refractivity contribution >= 4 is 11.8 Å². The first-order valence-electron chi connectivity index (χ1n) is 6.16. The van der Waals surface area contributed by atoms with Crippen LogP contribution in [0, 0.1) is 0 Å². The van der Waals surface area contributed by atoms with Crippen LogP contribution in [-0.2, 0) is 4.74 Å². The van der Waals surface area contributed by atoms with Gasteiger partial charge >= 0.3 is 0 Å². The number of hydrogen-bond donors (Lipinski definition) is 1. The molecular weight excluding hydrogens is 222 g/mol. The molecule has 4 heteroatoms. The molecule has 0 saturated carbocycles. The van der Waals surface area contributed by atoms with E-state index >= 15 is 0 Å². The van der Waals surface area contributed by atoms with Gasteiger partial charge in [0.2, 0.25) is 0 Å². The zero-order valence-corrected chi connectivity index (χ0v) is 11.7. The van der Waals surface area contributed by atoms with E-state index in [1.165, 1.54) is 0 Å². The number of aliphatic hydroxyl groups is 1. The molecule has 3 nitrogen and oxygen atoms in total. The minimum absolute atomic E-state index is 0.241. The molecule has 0 aromatic heterocycles. The van der Waals surface area contributed by atoms with Crippen molar-refractivity contribution in [3.05, 3.63) is 0 Å². The first-order chi connectivity index (χ1) is 7.50. The quantitative estimate of drug-likeness (QED) is 0.800. The van der Waals surface area contributed by atoms with Gasteiger partial charge in [-0.15, -0.1) is 0 Å². The van der Waals surface area contributed by atoms with Crippen molar-refractivity contribution in [1.82, 2.24) is 4.90 Å². The Kier molecular flexibility index (Phi) is 6.11. The van der Waals surface area contributed by atoms with Gasteiger partial charge in [0.25, 0.3) is 0 Å². The zero-order chi connectivity index (χ0) is 12.1. The number of rotatable bonds is 5. The minimum atomic E-state index is -0.241. The Bertz CT molecular complexity index is 199. The molecule has 3 atom stereocenters. The average Bonchev–Trinajstić information content (AvgIpc) is 2.26. The smallest absolute Gasteiger partial charge is 0.0793 e. The van der Waals surface area contributed by atoms with Crippen LogP contribution in [0.4, 0.5) is 0 Å². The van der Waals surface area contributed by atoms with Crippen molar-refractivity contribution in [2.75, 3.05) is 25.4 Å². The lowest BCUT2D eigenvalue weighted by Gasteiger charge is -2.35. The molecule has 0 spiro atoms. The molecule has 1 N–H and O–H groups in total. The Balaban J connectivity index is 2.26. The van der Waals surface area contributed by atoms with Crippen LogP contribution in [0.2, 0.25) is 0 Å². The van der Waals surface area contributed by atoms with Gasteiger partial charge in [0, 0.05) is 30.1 Å². The summed E-state index contributed by atoms with van der Waals surface area (Å²) in [5.74, 6) is 0.981. The molecule has 1 aliphatic rings. The minimum Gasteiger partial charge on any atom is -0.392 e. The van der Waals surface area contributed by atoms with Crippen LogP contribution in [-0.4, -0.2) is 59.0 Å². The molecule has 0 aliphatic carbocycles. The normalized spacial score (nSPS) is 27.0. The van der Waals surface area contributed by atoms with Crippen molar-refractivity contribution in [3.63, 3.8) is 0 Å². The molecule has 96 valence electrons. The van der Waals surface area contributed by atoms with Crippen molar-refractivity contribution in [1.29, 1.82) is 0 Å². The maximum Gasteiger partial charge on any atom is 0.0793 e. The standard InChI is InChI=1S/C12H25NO2S/c1-9(2)13-5-6-15-12(7-13)8-16-11(4)10(3)14/h9-12,14H,5-8H2,1-4H3. The number of nitrogens with zero attached hydrogens (tertiary/aromatic N) is 1. The molecule has 0 aromatic carbocycles. The summed E-state index contributed by atoms with van der Waals surface area (Å²) in [6.07, 6.45) is 0.0807. The first kappa shape index (κ1) is 14.3. The summed E-state index contributed by atoms with van der Waals surface area (Å²) in [6.45, 7) is 11.3. The summed E-state index contributed by atoms with van der Waals surface area (Å²) in [5.41, 5.74) is 0. The van der Waals surface area contributed by atoms with E-state index in [9.17, 15) is 5.11 Å². The SMILES string of the molecule is CC(O)C(C)SCC1CN(C(C)C)CCO1. The second-order valence-electron chi connectivity index (χ2n) is 4.86. The topological polar surface area (TPSA) is 32.7 Å². The molecule has 0 bridgehead atoms. The maximum atomic E-state index is 9.42. The molecule has 1 aliphatic heterocycles. The molecule has 0 aromatic rings. The molecule has 0 radical (unpaired) electrons. The average molecular weight is 247 g/mol. The van der Waals surface area contributed by atoms with Crippen LogP contribution in [0.5, 0.6) is 0 Å². The summed E-state index contributed by atoms with van der Waals surface area (Å²) < 4.78 is 5.74. The Morgan fingerprint density at radius 1 is 1.38 bits per heavy atom. The number of hydrogen-bond acceptors (Lipinski definition) is 4. The van der Waals surface area contributed by atoms with Gasteiger partial charge < -0.3 is 9.84 Å². The molecule has 1 fully saturated rings. The first-order valence-corrected chi connectivity index (χ1v) is 7.21. The fourth-order valence-electron chi connectivity index (χ4n) is 1.71. The Morgan fingerprint density at radius 3 is 2.62 bits per heavy atom. The molecule has 16 heavy (non-hydrogen) atoms. The van der Waals surface area contributed by atoms with E-state index in [0.29, 0.717) is 12.1 Å². The lowest BCUT2D eigenvalue weighted by molar-refractivity contribution is -0.0266. The van der Waals surface area contributed by atoms with Crippen LogP contribution in [0.15, 0.2) is 0 Å². The Labute approximate surface area is 104 Å². The highest BCUT2D eigenvalue weighted by atomic mass is 32.2. The summed E-state index contributed by atoms with van der Waals surface area (Å²) in [6, 6.07) is 0.602. The molecule has 1 heterocycles. The highest BCUT2D eigenvalue weighted by Gasteiger charge is 2.23. The summed E-state index contributed by atoms with van der Waals surface area (Å²) in [4.78, 5) is 2.46. The van der Waals surface area contributed by atoms with E-state index < -0.39 is 0 Å². The molecule has 3 unspecified atom stereocenters. The third-order valence-corrected chi connectivity index (χ3v) is 4.61. The van der Waals surface area contributed by atoms with Gasteiger partial charge in [-0.3, -0.25) is 4.90 Å². The van der Waals surface area contributed by atoms with E-state index in [4.69, 9.17) is 4.74 Å². The van der Waals surface area contributed by atoms with Crippen LogP contribution in [0.1, 0.15) is 27.7 Å². The maximum absolute atomic E-state index is 9.42. The van der Waals surface area contributed by atoms with Crippen LogP contribution in [0.3, 0.4) is 0 Å². The van der Waals surface area contributed by atoms with Crippen LogP contribution < -0.4 is 0 Å². The van der Waals surface area contributed by atoms with Gasteiger partial charge in [-0.2, -0.15) is 11.8 Å². The van der Waals surface area contributed by atoms with Gasteiger partial charge in [0.05, 0.1) is 18.8 Å². The van der Waals surface area contributed by atoms with Gasteiger partial charge in [0.1, 0.15) is 0 Å². The van der Waals surface area contributed by atoms with Crippen LogP contribution in [0.25, 0.3) is 0 Å². The number of aliphatic hydroxyl groups excluding tert-OH is 1. The third-order valence-electron chi connectivity index (χ3n) is 3.12. The Hall–Kier alpha value is 0.230. The predicted molar refractivity (Wildman–Crippen MR) is 70.0 cm³/mol. The lowest BCUT2D eigenvalue weighted by atomic mass is 10.2. The predicted octanol–water partition coefficient (Wildman–Crippen LogP) is 1.60. The highest BCUT2D eigenvalue weighted by molar-refractivity contribution is 7.99. The second kappa shape index (κ2) is 6.84. The summed E-state index contributed by atoms with van der Waals surface area (Å²) in [5, 5.41) is 9.71. The summed E-state index contributed by atoms with van der Waals surface area (Å²) in [7, 11) is 0. The van der Waals surface area contributed by atoms with Gasteiger partial charge in [-0.05, 0) is 20.8 Å². The summed E-state index contributed by atoms with van der Waals surface area (Å²) >= 11 is 1.80. The van der Waals surface area contributed by atoms with Crippen molar-refractivity contribution in [3.8, 4) is 0 Å². The van der Waals surface area contributed by atoms with Crippen LogP contribution >= 0.6 is 11.8 Å². The Morgan fingerprint density at radius 2 is 2.06 bits per heavy atom. The van der Waals surface area contributed by atoms with E-state index in [-0.39, 0.29) is 11.4 Å². The fraction of sp³-hybridized carbons (Fsp3) is 1.00. The van der Waals surface area contributed by atoms with Crippen molar-refractivity contribution in [2.24, 2.45) is 0 Å². The molecule has 1 rings (SSSR count). The number of morpholine rings is 1. The van der Waals surface area contributed by atoms with E-state index in [2.05, 4.69) is 25.7 Å². The number of thioether (sulfide) groups is 1. The highest BCUT2D eigenvalue weighted by Crippen LogP contribution is 2.19. The second-order valence-corrected chi connectivity index (χ2v) is 6.27. The van der Waals surface area contributed by atoms with E-state index in [1.54, 1.807) is 11.8 Å². The number of ether oxygens (including phenoxy) is 1. The monoisotopic (exact) mass is 247 g/mol. The van der Waals surface area contributed by atoms with Gasteiger partial charge in [0.15, 0.2) is 0 Å². The van der Waals surface area contributed by atoms with Crippen molar-refractivity contribution < 1.29 is 9.84 Å². The molecule has 0 amide bonds. The fourth-order valence-corrected chi connectivity index (χ4v) is 2.71. The molecular formula is C12H25NO2S. The third kappa shape index (κ3) is 4.62. The zero-order valence-electron chi connectivity index (χ0n) is 10.8. The lowest BCUT2D eigenvalue weighted by Crippen LogP contribution is -2.46. The van der Waals surface area contributed by atoms with Crippen molar-refractivity contribution in [2.45, 2.75) is 51.2 Å². The van der Waals surface area contributed by atoms with E-state index in [0.717, 1.165) is 25.4 Å². The largest absolute Gasteiger partial charge is 0.392 e. The van der Waals surface area contributed by atoms with E-state index in [1.807, 2.05) is 6.92 Å². The van der Waals surface area contributed by atoms with Gasteiger partial charge in [-0.1, -0.05) is 6.92 Å². The molecule has 1 saturated heterocycles.